The summed E-state index contributed by atoms with van der Waals surface area (Å²) in [4.78, 5) is 24.9. The maximum absolute atomic E-state index is 12.2. The van der Waals surface area contributed by atoms with Crippen LogP contribution in [-0.4, -0.2) is 35.1 Å². The molecule has 1 unspecified atom stereocenters. The van der Waals surface area contributed by atoms with Crippen molar-refractivity contribution in [1.29, 1.82) is 5.41 Å². The molecule has 0 aromatic heterocycles. The monoisotopic (exact) mass is 291 g/mol. The van der Waals surface area contributed by atoms with Crippen molar-refractivity contribution in [2.75, 3.05) is 7.05 Å². The van der Waals surface area contributed by atoms with Crippen LogP contribution in [0.3, 0.4) is 0 Å². The molecular formula is C16H25N3O2. The molecule has 0 radical (unpaired) electrons. The minimum atomic E-state index is -0.257. The Bertz CT molecular complexity index is 500. The van der Waals surface area contributed by atoms with Crippen molar-refractivity contribution in [3.8, 4) is 0 Å². The van der Waals surface area contributed by atoms with Gasteiger partial charge in [-0.05, 0) is 37.7 Å². The lowest BCUT2D eigenvalue weighted by Crippen LogP contribution is -2.48. The van der Waals surface area contributed by atoms with Gasteiger partial charge in [0.2, 0.25) is 11.8 Å². The summed E-state index contributed by atoms with van der Waals surface area (Å²) >= 11 is 0. The number of rotatable bonds is 3. The van der Waals surface area contributed by atoms with E-state index in [1.165, 1.54) is 4.90 Å². The molecule has 0 spiro atoms. The topological polar surface area (TPSA) is 73.3 Å². The third-order valence-corrected chi connectivity index (χ3v) is 4.82. The van der Waals surface area contributed by atoms with Gasteiger partial charge in [-0.25, -0.2) is 0 Å². The fraction of sp³-hybridized carbons (Fsp3) is 0.688. The molecule has 0 aromatic rings. The van der Waals surface area contributed by atoms with Crippen LogP contribution in [0, 0.1) is 17.2 Å². The molecule has 2 fully saturated rings. The number of carbonyl (C=O) groups excluding carboxylic acids is 2. The summed E-state index contributed by atoms with van der Waals surface area (Å²) in [5.74, 6) is 0.357. The predicted octanol–water partition coefficient (Wildman–Crippen LogP) is 2.08. The van der Waals surface area contributed by atoms with Gasteiger partial charge in [0, 0.05) is 19.5 Å². The van der Waals surface area contributed by atoms with E-state index in [9.17, 15) is 9.59 Å². The van der Waals surface area contributed by atoms with E-state index in [0.717, 1.165) is 32.1 Å². The number of nitrogens with one attached hydrogen (secondary N) is 2. The largest absolute Gasteiger partial charge is 0.351 e. The molecule has 5 nitrogen and oxygen atoms in total. The third kappa shape index (κ3) is 3.17. The first kappa shape index (κ1) is 15.7. The standard InChI is InChI=1S/C16H25N3O2/c1-10-13(15(21)19(4)14(10)17)8-12-6-5-7-16(3,9-12)18-11(2)20/h12-13,17H,1,5-9H2,2-4H3,(H,18,20)/t12-,13?,16-/m1/s1. The summed E-state index contributed by atoms with van der Waals surface area (Å²) in [6, 6.07) is 0. The smallest absolute Gasteiger partial charge is 0.235 e. The quantitative estimate of drug-likeness (QED) is 0.835. The SMILES string of the molecule is C=C1C(=N)N(C)C(=O)C1C[C@H]1CCC[C@@](C)(NC(C)=O)C1. The Morgan fingerprint density at radius 1 is 1.57 bits per heavy atom. The Balaban J connectivity index is 2.03. The summed E-state index contributed by atoms with van der Waals surface area (Å²) in [5, 5.41) is 10.9. The molecule has 2 rings (SSSR count). The van der Waals surface area contributed by atoms with Gasteiger partial charge in [0.15, 0.2) is 0 Å². The van der Waals surface area contributed by atoms with Crippen LogP contribution in [0.2, 0.25) is 0 Å². The summed E-state index contributed by atoms with van der Waals surface area (Å²) < 4.78 is 0. The third-order valence-electron chi connectivity index (χ3n) is 4.82. The maximum atomic E-state index is 12.2. The number of hydrogen-bond acceptors (Lipinski definition) is 3. The zero-order valence-electron chi connectivity index (χ0n) is 13.2. The zero-order chi connectivity index (χ0) is 15.8. The van der Waals surface area contributed by atoms with Crippen molar-refractivity contribution < 1.29 is 9.59 Å². The van der Waals surface area contributed by atoms with Gasteiger partial charge < -0.3 is 5.32 Å². The number of nitrogens with zero attached hydrogens (tertiary/aromatic N) is 1. The first-order valence-corrected chi connectivity index (χ1v) is 7.57. The molecule has 0 bridgehead atoms. The van der Waals surface area contributed by atoms with Gasteiger partial charge in [-0.1, -0.05) is 19.4 Å². The van der Waals surface area contributed by atoms with Crippen LogP contribution in [0.1, 0.15) is 46.0 Å². The average Bonchev–Trinajstić information content (AvgIpc) is 2.55. The van der Waals surface area contributed by atoms with Crippen LogP contribution < -0.4 is 5.32 Å². The number of likely N-dealkylation sites (tertiary alicyclic amines) is 1. The van der Waals surface area contributed by atoms with Crippen LogP contribution in [-0.2, 0) is 9.59 Å². The number of amides is 2. The average molecular weight is 291 g/mol. The van der Waals surface area contributed by atoms with Crippen LogP contribution >= 0.6 is 0 Å². The molecular weight excluding hydrogens is 266 g/mol. The van der Waals surface area contributed by atoms with Gasteiger partial charge in [-0.15, -0.1) is 0 Å². The van der Waals surface area contributed by atoms with E-state index in [4.69, 9.17) is 5.41 Å². The van der Waals surface area contributed by atoms with E-state index in [2.05, 4.69) is 18.8 Å². The minimum absolute atomic E-state index is 0.000939. The lowest BCUT2D eigenvalue weighted by molar-refractivity contribution is -0.128. The van der Waals surface area contributed by atoms with E-state index in [0.29, 0.717) is 11.5 Å². The first-order valence-electron chi connectivity index (χ1n) is 7.57. The van der Waals surface area contributed by atoms with Crippen molar-refractivity contribution in [1.82, 2.24) is 10.2 Å². The Hall–Kier alpha value is -1.65. The lowest BCUT2D eigenvalue weighted by atomic mass is 9.73. The molecule has 3 atom stereocenters. The first-order chi connectivity index (χ1) is 9.73. The van der Waals surface area contributed by atoms with Gasteiger partial charge in [-0.2, -0.15) is 0 Å². The highest BCUT2D eigenvalue weighted by molar-refractivity contribution is 6.15. The van der Waals surface area contributed by atoms with E-state index in [1.807, 2.05) is 0 Å². The summed E-state index contributed by atoms with van der Waals surface area (Å²) in [6.07, 6.45) is 4.74. The molecule has 2 aliphatic rings. The molecule has 1 aliphatic heterocycles. The predicted molar refractivity (Wildman–Crippen MR) is 81.9 cm³/mol. The van der Waals surface area contributed by atoms with E-state index < -0.39 is 0 Å². The lowest BCUT2D eigenvalue weighted by Gasteiger charge is -2.39. The molecule has 2 amide bonds. The number of likely N-dealkylation sites (N-methyl/N-ethyl adjacent to an activating group) is 1. The molecule has 1 heterocycles. The highest BCUT2D eigenvalue weighted by atomic mass is 16.2. The van der Waals surface area contributed by atoms with Gasteiger partial charge in [0.1, 0.15) is 5.84 Å². The second-order valence-corrected chi connectivity index (χ2v) is 6.76. The Kier molecular flexibility index (Phi) is 4.21. The van der Waals surface area contributed by atoms with Crippen LogP contribution in [0.25, 0.3) is 0 Å². The van der Waals surface area contributed by atoms with Gasteiger partial charge in [0.05, 0.1) is 5.92 Å². The molecule has 0 aromatic carbocycles. The Morgan fingerprint density at radius 3 is 2.76 bits per heavy atom. The second-order valence-electron chi connectivity index (χ2n) is 6.76. The fourth-order valence-corrected chi connectivity index (χ4v) is 3.81. The summed E-state index contributed by atoms with van der Waals surface area (Å²) in [5.41, 5.74) is 0.464. The molecule has 21 heavy (non-hydrogen) atoms. The van der Waals surface area contributed by atoms with Crippen molar-refractivity contribution >= 4 is 17.6 Å². The summed E-state index contributed by atoms with van der Waals surface area (Å²) in [7, 11) is 1.64. The number of hydrogen-bond donors (Lipinski definition) is 2. The summed E-state index contributed by atoms with van der Waals surface area (Å²) in [6.45, 7) is 7.54. The highest BCUT2D eigenvalue weighted by Crippen LogP contribution is 2.38. The molecule has 5 heteroatoms. The van der Waals surface area contributed by atoms with Crippen molar-refractivity contribution in [2.45, 2.75) is 51.5 Å². The van der Waals surface area contributed by atoms with Crippen molar-refractivity contribution in [2.24, 2.45) is 11.8 Å². The van der Waals surface area contributed by atoms with Gasteiger partial charge in [-0.3, -0.25) is 19.9 Å². The van der Waals surface area contributed by atoms with E-state index in [-0.39, 0.29) is 29.1 Å². The fourth-order valence-electron chi connectivity index (χ4n) is 3.81. The van der Waals surface area contributed by atoms with Gasteiger partial charge >= 0.3 is 0 Å². The van der Waals surface area contributed by atoms with E-state index in [1.54, 1.807) is 14.0 Å². The molecule has 116 valence electrons. The molecule has 1 saturated heterocycles. The number of amidine groups is 1. The minimum Gasteiger partial charge on any atom is -0.351 e. The van der Waals surface area contributed by atoms with Crippen LogP contribution in [0.15, 0.2) is 12.2 Å². The van der Waals surface area contributed by atoms with E-state index >= 15 is 0 Å². The van der Waals surface area contributed by atoms with Crippen molar-refractivity contribution in [3.63, 3.8) is 0 Å². The molecule has 1 aliphatic carbocycles. The molecule has 2 N–H and O–H groups in total. The maximum Gasteiger partial charge on any atom is 0.235 e. The Labute approximate surface area is 126 Å². The normalized spacial score (nSPS) is 33.5. The van der Waals surface area contributed by atoms with Crippen molar-refractivity contribution in [3.05, 3.63) is 12.2 Å². The Morgan fingerprint density at radius 2 is 2.24 bits per heavy atom. The van der Waals surface area contributed by atoms with Crippen LogP contribution in [0.4, 0.5) is 0 Å². The van der Waals surface area contributed by atoms with Crippen LogP contribution in [0.5, 0.6) is 0 Å². The molecule has 1 saturated carbocycles. The number of carbonyl (C=O) groups is 2. The van der Waals surface area contributed by atoms with Gasteiger partial charge in [0.25, 0.3) is 0 Å². The second kappa shape index (κ2) is 5.62. The zero-order valence-corrected chi connectivity index (χ0v) is 13.2. The highest BCUT2D eigenvalue weighted by Gasteiger charge is 2.41.